The third-order valence-electron chi connectivity index (χ3n) is 3.91. The normalized spacial score (nSPS) is 12.8. The van der Waals surface area contributed by atoms with Crippen LogP contribution in [0.3, 0.4) is 0 Å². The Hall–Kier alpha value is -2.48. The summed E-state index contributed by atoms with van der Waals surface area (Å²) in [6, 6.07) is 19.4. The summed E-state index contributed by atoms with van der Waals surface area (Å²) in [5, 5.41) is 2.59. The molecular weight excluding hydrogens is 260 g/mol. The first kappa shape index (κ1) is 12.3. The molecule has 0 bridgehead atoms. The third kappa shape index (κ3) is 2.33. The molecule has 3 aromatic carbocycles. The van der Waals surface area contributed by atoms with Gasteiger partial charge in [0, 0.05) is 0 Å². The van der Waals surface area contributed by atoms with E-state index in [-0.39, 0.29) is 0 Å². The van der Waals surface area contributed by atoms with Crippen LogP contribution in [-0.4, -0.2) is 6.79 Å². The molecule has 0 N–H and O–H groups in total. The fourth-order valence-electron chi connectivity index (χ4n) is 2.81. The molecule has 0 atom stereocenters. The minimum Gasteiger partial charge on any atom is -0.454 e. The van der Waals surface area contributed by atoms with Crippen molar-refractivity contribution in [2.45, 2.75) is 13.3 Å². The van der Waals surface area contributed by atoms with Crippen LogP contribution in [0.15, 0.2) is 54.6 Å². The molecule has 4 rings (SSSR count). The maximum atomic E-state index is 5.44. The van der Waals surface area contributed by atoms with Gasteiger partial charge in [0.05, 0.1) is 0 Å². The minimum absolute atomic E-state index is 0.327. The number of ether oxygens (including phenoxy) is 2. The van der Waals surface area contributed by atoms with Crippen molar-refractivity contribution in [3.63, 3.8) is 0 Å². The van der Waals surface area contributed by atoms with Crippen molar-refractivity contribution in [3.05, 3.63) is 71.3 Å². The second kappa shape index (κ2) is 4.81. The van der Waals surface area contributed by atoms with Gasteiger partial charge in [0.25, 0.3) is 0 Å². The predicted octanol–water partition coefficient (Wildman–Crippen LogP) is 4.47. The minimum atomic E-state index is 0.327. The molecule has 0 radical (unpaired) electrons. The molecule has 0 saturated carbocycles. The van der Waals surface area contributed by atoms with E-state index in [1.165, 1.54) is 27.5 Å². The second-order valence-electron chi connectivity index (χ2n) is 5.55. The number of hydrogen-bond donors (Lipinski definition) is 0. The van der Waals surface area contributed by atoms with Crippen molar-refractivity contribution >= 4 is 10.8 Å². The molecule has 21 heavy (non-hydrogen) atoms. The van der Waals surface area contributed by atoms with Crippen molar-refractivity contribution in [2.24, 2.45) is 0 Å². The lowest BCUT2D eigenvalue weighted by atomic mass is 10.00. The molecule has 2 nitrogen and oxygen atoms in total. The zero-order valence-corrected chi connectivity index (χ0v) is 11.9. The third-order valence-corrected chi connectivity index (χ3v) is 3.91. The highest BCUT2D eigenvalue weighted by atomic mass is 16.7. The van der Waals surface area contributed by atoms with Gasteiger partial charge in [-0.2, -0.15) is 0 Å². The molecule has 0 fully saturated rings. The average Bonchev–Trinajstić information content (AvgIpc) is 2.94. The molecule has 0 saturated heterocycles. The van der Waals surface area contributed by atoms with Gasteiger partial charge < -0.3 is 9.47 Å². The highest BCUT2D eigenvalue weighted by Gasteiger charge is 2.13. The summed E-state index contributed by atoms with van der Waals surface area (Å²) < 4.78 is 10.8. The van der Waals surface area contributed by atoms with Crippen LogP contribution in [0.5, 0.6) is 11.5 Å². The van der Waals surface area contributed by atoms with Crippen LogP contribution in [0.2, 0.25) is 0 Å². The van der Waals surface area contributed by atoms with E-state index in [1.807, 2.05) is 6.07 Å². The van der Waals surface area contributed by atoms with Gasteiger partial charge in [-0.05, 0) is 47.4 Å². The lowest BCUT2D eigenvalue weighted by Gasteiger charge is -2.06. The summed E-state index contributed by atoms with van der Waals surface area (Å²) in [4.78, 5) is 0. The molecule has 1 aliphatic rings. The fraction of sp³-hybridized carbons (Fsp3) is 0.158. The molecule has 0 spiro atoms. The van der Waals surface area contributed by atoms with Gasteiger partial charge in [0.15, 0.2) is 11.5 Å². The lowest BCUT2D eigenvalue weighted by Crippen LogP contribution is -1.93. The molecule has 2 heteroatoms. The van der Waals surface area contributed by atoms with E-state index >= 15 is 0 Å². The Kier molecular flexibility index (Phi) is 2.81. The Bertz CT molecular complexity index is 821. The van der Waals surface area contributed by atoms with Crippen LogP contribution in [0.25, 0.3) is 10.8 Å². The number of rotatable bonds is 2. The van der Waals surface area contributed by atoms with E-state index in [0.29, 0.717) is 6.79 Å². The van der Waals surface area contributed by atoms with E-state index in [1.54, 1.807) is 0 Å². The molecule has 0 unspecified atom stereocenters. The van der Waals surface area contributed by atoms with Gasteiger partial charge in [0.1, 0.15) is 0 Å². The Morgan fingerprint density at radius 3 is 2.48 bits per heavy atom. The molecule has 0 aromatic heterocycles. The second-order valence-corrected chi connectivity index (χ2v) is 5.55. The van der Waals surface area contributed by atoms with Gasteiger partial charge >= 0.3 is 0 Å². The van der Waals surface area contributed by atoms with Crippen LogP contribution < -0.4 is 9.47 Å². The Balaban J connectivity index is 1.67. The van der Waals surface area contributed by atoms with E-state index in [4.69, 9.17) is 9.47 Å². The predicted molar refractivity (Wildman–Crippen MR) is 84.1 cm³/mol. The van der Waals surface area contributed by atoms with Crippen molar-refractivity contribution in [1.29, 1.82) is 0 Å². The van der Waals surface area contributed by atoms with E-state index < -0.39 is 0 Å². The highest BCUT2D eigenvalue weighted by Crippen LogP contribution is 2.33. The first-order chi connectivity index (χ1) is 10.3. The number of aryl methyl sites for hydroxylation is 1. The van der Waals surface area contributed by atoms with Gasteiger partial charge in [-0.15, -0.1) is 0 Å². The lowest BCUT2D eigenvalue weighted by molar-refractivity contribution is 0.174. The summed E-state index contributed by atoms with van der Waals surface area (Å²) in [6.45, 7) is 2.46. The zero-order chi connectivity index (χ0) is 14.2. The van der Waals surface area contributed by atoms with Crippen molar-refractivity contribution in [2.75, 3.05) is 6.79 Å². The highest BCUT2D eigenvalue weighted by molar-refractivity contribution is 5.83. The van der Waals surface area contributed by atoms with Crippen molar-refractivity contribution in [1.82, 2.24) is 0 Å². The molecular formula is C19H16O2. The summed E-state index contributed by atoms with van der Waals surface area (Å²) in [5.41, 5.74) is 3.85. The van der Waals surface area contributed by atoms with Gasteiger partial charge in [0.2, 0.25) is 6.79 Å². The topological polar surface area (TPSA) is 18.5 Å². The van der Waals surface area contributed by atoms with E-state index in [0.717, 1.165) is 17.9 Å². The maximum absolute atomic E-state index is 5.44. The summed E-state index contributed by atoms with van der Waals surface area (Å²) in [7, 11) is 0. The smallest absolute Gasteiger partial charge is 0.231 e. The van der Waals surface area contributed by atoms with Crippen LogP contribution in [0.1, 0.15) is 16.7 Å². The van der Waals surface area contributed by atoms with Gasteiger partial charge in [-0.25, -0.2) is 0 Å². The Labute approximate surface area is 123 Å². The quantitative estimate of drug-likeness (QED) is 0.687. The SMILES string of the molecule is Cc1ccc2ccc(Cc3ccc4c(c3)OCO4)cc2c1. The molecule has 3 aromatic rings. The van der Waals surface area contributed by atoms with E-state index in [9.17, 15) is 0 Å². The first-order valence-corrected chi connectivity index (χ1v) is 7.16. The molecule has 0 amide bonds. The average molecular weight is 276 g/mol. The van der Waals surface area contributed by atoms with Crippen LogP contribution in [0.4, 0.5) is 0 Å². The molecule has 104 valence electrons. The van der Waals surface area contributed by atoms with Crippen molar-refractivity contribution < 1.29 is 9.47 Å². The van der Waals surface area contributed by atoms with Gasteiger partial charge in [-0.1, -0.05) is 48.0 Å². The molecule has 1 heterocycles. The van der Waals surface area contributed by atoms with Gasteiger partial charge in [-0.3, -0.25) is 0 Å². The Morgan fingerprint density at radius 1 is 0.762 bits per heavy atom. The molecule has 1 aliphatic heterocycles. The zero-order valence-electron chi connectivity index (χ0n) is 11.9. The standard InChI is InChI=1S/C19H16O2/c1-13-2-5-16-6-3-14(10-17(16)8-13)9-15-4-7-18-19(11-15)21-12-20-18/h2-8,10-11H,9,12H2,1H3. The monoisotopic (exact) mass is 276 g/mol. The van der Waals surface area contributed by atoms with Crippen LogP contribution >= 0.6 is 0 Å². The summed E-state index contributed by atoms with van der Waals surface area (Å²) in [6.07, 6.45) is 0.903. The largest absolute Gasteiger partial charge is 0.454 e. The summed E-state index contributed by atoms with van der Waals surface area (Å²) in [5.74, 6) is 1.69. The molecule has 0 aliphatic carbocycles. The van der Waals surface area contributed by atoms with Crippen LogP contribution in [0, 0.1) is 6.92 Å². The Morgan fingerprint density at radius 2 is 1.52 bits per heavy atom. The van der Waals surface area contributed by atoms with Crippen LogP contribution in [-0.2, 0) is 6.42 Å². The number of hydrogen-bond acceptors (Lipinski definition) is 2. The number of benzene rings is 3. The maximum Gasteiger partial charge on any atom is 0.231 e. The number of fused-ring (bicyclic) bond motifs is 2. The summed E-state index contributed by atoms with van der Waals surface area (Å²) >= 11 is 0. The van der Waals surface area contributed by atoms with Crippen molar-refractivity contribution in [3.8, 4) is 11.5 Å². The van der Waals surface area contributed by atoms with E-state index in [2.05, 4.69) is 55.5 Å². The fourth-order valence-corrected chi connectivity index (χ4v) is 2.81. The first-order valence-electron chi connectivity index (χ1n) is 7.16.